The first-order chi connectivity index (χ1) is 6.63. The minimum Gasteiger partial charge on any atom is -0.480 e. The van der Waals surface area contributed by atoms with Gasteiger partial charge < -0.3 is 20.1 Å². The summed E-state index contributed by atoms with van der Waals surface area (Å²) in [6.45, 7) is 2.30. The molecule has 14 heavy (non-hydrogen) atoms. The summed E-state index contributed by atoms with van der Waals surface area (Å²) in [6, 6.07) is 0.559. The molecule has 1 atom stereocenters. The van der Waals surface area contributed by atoms with E-state index in [0.717, 1.165) is 0 Å². The molecule has 1 heterocycles. The summed E-state index contributed by atoms with van der Waals surface area (Å²) in [4.78, 5) is 10.4. The number of hydrogen-bond acceptors (Lipinski definition) is 5. The van der Waals surface area contributed by atoms with Crippen LogP contribution in [0.25, 0.3) is 0 Å². The van der Waals surface area contributed by atoms with Gasteiger partial charge in [0.25, 0.3) is 5.88 Å². The van der Waals surface area contributed by atoms with Gasteiger partial charge in [0.05, 0.1) is 6.61 Å². The second kappa shape index (κ2) is 4.61. The molecule has 0 aliphatic carbocycles. The highest BCUT2D eigenvalue weighted by molar-refractivity contribution is 5.73. The minimum absolute atomic E-state index is 0.107. The number of aromatic nitrogens is 1. The van der Waals surface area contributed by atoms with Gasteiger partial charge in [-0.25, -0.2) is 0 Å². The van der Waals surface area contributed by atoms with Gasteiger partial charge >= 0.3 is 5.97 Å². The Morgan fingerprint density at radius 3 is 3.14 bits per heavy atom. The van der Waals surface area contributed by atoms with E-state index in [-0.39, 0.29) is 6.42 Å². The van der Waals surface area contributed by atoms with Crippen molar-refractivity contribution in [1.82, 2.24) is 5.16 Å². The van der Waals surface area contributed by atoms with E-state index in [2.05, 4.69) is 5.16 Å². The van der Waals surface area contributed by atoms with E-state index in [1.165, 1.54) is 6.07 Å². The molecule has 0 spiro atoms. The third-order valence-corrected chi connectivity index (χ3v) is 1.57. The van der Waals surface area contributed by atoms with Gasteiger partial charge in [-0.05, 0) is 12.1 Å². The fraction of sp³-hybridized carbons (Fsp3) is 0.500. The molecule has 78 valence electrons. The zero-order valence-corrected chi connectivity index (χ0v) is 7.77. The van der Waals surface area contributed by atoms with Gasteiger partial charge in [0.2, 0.25) is 0 Å². The number of carboxylic acid groups (broad SMARTS) is 1. The summed E-state index contributed by atoms with van der Waals surface area (Å²) in [6.07, 6.45) is 0.107. The zero-order chi connectivity index (χ0) is 10.6. The average molecular weight is 200 g/mol. The van der Waals surface area contributed by atoms with Gasteiger partial charge in [-0.1, -0.05) is 0 Å². The van der Waals surface area contributed by atoms with Crippen molar-refractivity contribution in [3.8, 4) is 5.88 Å². The molecule has 0 saturated carbocycles. The van der Waals surface area contributed by atoms with E-state index in [1.807, 2.05) is 6.92 Å². The zero-order valence-electron chi connectivity index (χ0n) is 7.77. The standard InChI is InChI=1S/C8H12N2O4/c1-2-13-7-4-5(14-10-7)3-6(9)8(11)12/h4,6H,2-3,9H2,1H3,(H,11,12). The van der Waals surface area contributed by atoms with Crippen LogP contribution in [-0.4, -0.2) is 28.9 Å². The van der Waals surface area contributed by atoms with Crippen molar-refractivity contribution in [2.45, 2.75) is 19.4 Å². The van der Waals surface area contributed by atoms with Crippen LogP contribution in [0.3, 0.4) is 0 Å². The predicted molar refractivity (Wildman–Crippen MR) is 47.0 cm³/mol. The molecule has 1 rings (SSSR count). The first-order valence-corrected chi connectivity index (χ1v) is 4.20. The van der Waals surface area contributed by atoms with Gasteiger partial charge in [0, 0.05) is 12.5 Å². The molecule has 1 aromatic heterocycles. The van der Waals surface area contributed by atoms with E-state index in [0.29, 0.717) is 18.2 Å². The lowest BCUT2D eigenvalue weighted by molar-refractivity contribution is -0.138. The molecule has 6 heteroatoms. The van der Waals surface area contributed by atoms with Crippen LogP contribution < -0.4 is 10.5 Å². The summed E-state index contributed by atoms with van der Waals surface area (Å²) < 4.78 is 9.86. The maximum atomic E-state index is 10.4. The summed E-state index contributed by atoms with van der Waals surface area (Å²) in [7, 11) is 0. The number of aliphatic carboxylic acids is 1. The Bertz CT molecular complexity index is 310. The fourth-order valence-corrected chi connectivity index (χ4v) is 0.910. The Balaban J connectivity index is 2.55. The maximum Gasteiger partial charge on any atom is 0.320 e. The molecule has 0 fully saturated rings. The molecule has 0 aromatic carbocycles. The van der Waals surface area contributed by atoms with Crippen LogP contribution in [0, 0.1) is 0 Å². The third kappa shape index (κ3) is 2.74. The van der Waals surface area contributed by atoms with Crippen molar-refractivity contribution >= 4 is 5.97 Å². The molecule has 0 aliphatic rings. The number of carboxylic acids is 1. The molecular weight excluding hydrogens is 188 g/mol. The fourth-order valence-electron chi connectivity index (χ4n) is 0.910. The minimum atomic E-state index is -1.07. The van der Waals surface area contributed by atoms with E-state index in [1.54, 1.807) is 0 Å². The number of rotatable bonds is 5. The van der Waals surface area contributed by atoms with E-state index >= 15 is 0 Å². The molecule has 1 unspecified atom stereocenters. The first kappa shape index (κ1) is 10.5. The van der Waals surface area contributed by atoms with Crippen molar-refractivity contribution in [2.75, 3.05) is 6.61 Å². The Hall–Kier alpha value is -1.56. The van der Waals surface area contributed by atoms with Gasteiger partial charge in [0.1, 0.15) is 11.8 Å². The Labute approximate surface area is 80.6 Å². The monoisotopic (exact) mass is 200 g/mol. The number of ether oxygens (including phenoxy) is 1. The number of hydrogen-bond donors (Lipinski definition) is 2. The average Bonchev–Trinajstić information content (AvgIpc) is 2.53. The lowest BCUT2D eigenvalue weighted by Gasteiger charge is -2.00. The van der Waals surface area contributed by atoms with E-state index in [9.17, 15) is 4.79 Å². The lowest BCUT2D eigenvalue weighted by atomic mass is 10.2. The SMILES string of the molecule is CCOc1cc(CC(N)C(=O)O)on1. The largest absolute Gasteiger partial charge is 0.480 e. The molecule has 0 bridgehead atoms. The number of nitrogens with two attached hydrogens (primary N) is 1. The highest BCUT2D eigenvalue weighted by atomic mass is 16.5. The Morgan fingerprint density at radius 1 is 1.86 bits per heavy atom. The van der Waals surface area contributed by atoms with Crippen LogP contribution in [0.15, 0.2) is 10.6 Å². The number of carbonyl (C=O) groups is 1. The Kier molecular flexibility index (Phi) is 3.47. The van der Waals surface area contributed by atoms with Crippen molar-refractivity contribution in [2.24, 2.45) is 5.73 Å². The summed E-state index contributed by atoms with van der Waals surface area (Å²) in [5.74, 6) is -0.317. The highest BCUT2D eigenvalue weighted by Gasteiger charge is 2.15. The van der Waals surface area contributed by atoms with Crippen molar-refractivity contribution in [1.29, 1.82) is 0 Å². The van der Waals surface area contributed by atoms with Crippen molar-refractivity contribution in [3.05, 3.63) is 11.8 Å². The Morgan fingerprint density at radius 2 is 2.57 bits per heavy atom. The van der Waals surface area contributed by atoms with E-state index in [4.69, 9.17) is 20.1 Å². The molecular formula is C8H12N2O4. The summed E-state index contributed by atoms with van der Waals surface area (Å²) >= 11 is 0. The van der Waals surface area contributed by atoms with E-state index < -0.39 is 12.0 Å². The van der Waals surface area contributed by atoms with Gasteiger partial charge in [-0.2, -0.15) is 0 Å². The second-order valence-corrected chi connectivity index (χ2v) is 2.71. The molecule has 0 aliphatic heterocycles. The van der Waals surface area contributed by atoms with Crippen LogP contribution in [-0.2, 0) is 11.2 Å². The maximum absolute atomic E-state index is 10.4. The topological polar surface area (TPSA) is 98.6 Å². The smallest absolute Gasteiger partial charge is 0.320 e. The quantitative estimate of drug-likeness (QED) is 0.695. The molecule has 6 nitrogen and oxygen atoms in total. The molecule has 3 N–H and O–H groups in total. The second-order valence-electron chi connectivity index (χ2n) is 2.71. The van der Waals surface area contributed by atoms with Gasteiger partial charge in [0.15, 0.2) is 0 Å². The van der Waals surface area contributed by atoms with Crippen molar-refractivity contribution < 1.29 is 19.2 Å². The molecule has 1 aromatic rings. The summed E-state index contributed by atoms with van der Waals surface area (Å²) in [5, 5.41) is 12.1. The van der Waals surface area contributed by atoms with Crippen LogP contribution in [0.1, 0.15) is 12.7 Å². The molecule has 0 saturated heterocycles. The van der Waals surface area contributed by atoms with Crippen LogP contribution in [0.4, 0.5) is 0 Å². The highest BCUT2D eigenvalue weighted by Crippen LogP contribution is 2.12. The van der Waals surface area contributed by atoms with Crippen LogP contribution in [0.2, 0.25) is 0 Å². The number of nitrogens with zero attached hydrogens (tertiary/aromatic N) is 1. The van der Waals surface area contributed by atoms with Gasteiger partial charge in [-0.15, -0.1) is 0 Å². The normalized spacial score (nSPS) is 12.4. The molecule has 0 amide bonds. The molecule has 0 radical (unpaired) electrons. The van der Waals surface area contributed by atoms with Crippen LogP contribution in [0.5, 0.6) is 5.88 Å². The van der Waals surface area contributed by atoms with Crippen molar-refractivity contribution in [3.63, 3.8) is 0 Å². The van der Waals surface area contributed by atoms with Gasteiger partial charge in [-0.3, -0.25) is 4.79 Å². The first-order valence-electron chi connectivity index (χ1n) is 4.20. The van der Waals surface area contributed by atoms with Crippen LogP contribution >= 0.6 is 0 Å². The lowest BCUT2D eigenvalue weighted by Crippen LogP contribution is -2.32. The summed E-state index contributed by atoms with van der Waals surface area (Å²) in [5.41, 5.74) is 5.30. The predicted octanol–water partition coefficient (Wildman–Crippen LogP) is 0.0277. The third-order valence-electron chi connectivity index (χ3n) is 1.57.